The van der Waals surface area contributed by atoms with Crippen LogP contribution in [0.3, 0.4) is 0 Å². The monoisotopic (exact) mass is 282 g/mol. The highest BCUT2D eigenvalue weighted by Crippen LogP contribution is 2.20. The van der Waals surface area contributed by atoms with Gasteiger partial charge in [0.25, 0.3) is 0 Å². The number of benzene rings is 1. The van der Waals surface area contributed by atoms with Crippen LogP contribution in [0, 0.1) is 0 Å². The summed E-state index contributed by atoms with van der Waals surface area (Å²) in [4.78, 5) is 15.7. The van der Waals surface area contributed by atoms with Gasteiger partial charge in [-0.3, -0.25) is 15.1 Å². The molecule has 0 spiro atoms. The van der Waals surface area contributed by atoms with E-state index in [-0.39, 0.29) is 5.91 Å². The Morgan fingerprint density at radius 1 is 1.32 bits per heavy atom. The molecule has 0 atom stereocenters. The van der Waals surface area contributed by atoms with E-state index in [1.807, 2.05) is 18.2 Å². The first-order chi connectivity index (χ1) is 9.19. The Morgan fingerprint density at radius 2 is 2.05 bits per heavy atom. The Hall–Kier alpha value is -1.30. The molecule has 1 saturated heterocycles. The van der Waals surface area contributed by atoms with Gasteiger partial charge in [-0.15, -0.1) is 0 Å². The van der Waals surface area contributed by atoms with Crippen LogP contribution < -0.4 is 16.2 Å². The summed E-state index contributed by atoms with van der Waals surface area (Å²) in [5.41, 5.74) is 3.31. The third kappa shape index (κ3) is 4.09. The van der Waals surface area contributed by atoms with Gasteiger partial charge in [-0.05, 0) is 18.2 Å². The molecule has 0 radical (unpaired) electrons. The molecule has 0 saturated carbocycles. The largest absolute Gasteiger partial charge is 0.369 e. The molecule has 5 nitrogen and oxygen atoms in total. The molecule has 1 aromatic carbocycles. The Bertz CT molecular complexity index is 432. The van der Waals surface area contributed by atoms with Gasteiger partial charge in [0.05, 0.1) is 0 Å². The van der Waals surface area contributed by atoms with E-state index < -0.39 is 0 Å². The number of hydrogen-bond donors (Lipinski definition) is 2. The van der Waals surface area contributed by atoms with E-state index in [0.717, 1.165) is 43.4 Å². The number of carbonyl (C=O) groups excluding carboxylic acids is 1. The molecule has 1 amide bonds. The first kappa shape index (κ1) is 14.1. The van der Waals surface area contributed by atoms with Crippen LogP contribution in [0.5, 0.6) is 0 Å². The number of hydrazine groups is 1. The van der Waals surface area contributed by atoms with Crippen molar-refractivity contribution in [3.63, 3.8) is 0 Å². The van der Waals surface area contributed by atoms with Gasteiger partial charge in [-0.25, -0.2) is 5.84 Å². The minimum absolute atomic E-state index is 0.114. The molecule has 1 aliphatic rings. The molecule has 0 bridgehead atoms. The second kappa shape index (κ2) is 6.75. The highest BCUT2D eigenvalue weighted by Gasteiger charge is 2.17. The molecule has 0 unspecified atom stereocenters. The van der Waals surface area contributed by atoms with Crippen molar-refractivity contribution in [3.05, 3.63) is 29.3 Å². The van der Waals surface area contributed by atoms with E-state index in [0.29, 0.717) is 6.42 Å². The highest BCUT2D eigenvalue weighted by molar-refractivity contribution is 6.30. The number of piperazine rings is 1. The summed E-state index contributed by atoms with van der Waals surface area (Å²) in [5, 5.41) is 0.763. The first-order valence-electron chi connectivity index (χ1n) is 6.41. The smallest absolute Gasteiger partial charge is 0.235 e. The average Bonchev–Trinajstić information content (AvgIpc) is 2.45. The molecule has 104 valence electrons. The zero-order chi connectivity index (χ0) is 13.7. The Balaban J connectivity index is 1.81. The molecular formula is C13H19ClN4O. The van der Waals surface area contributed by atoms with Crippen LogP contribution in [-0.4, -0.2) is 43.5 Å². The molecular weight excluding hydrogens is 264 g/mol. The van der Waals surface area contributed by atoms with Crippen molar-refractivity contribution in [1.29, 1.82) is 0 Å². The topological polar surface area (TPSA) is 61.6 Å². The summed E-state index contributed by atoms with van der Waals surface area (Å²) >= 11 is 6.00. The lowest BCUT2D eigenvalue weighted by Crippen LogP contribution is -2.47. The summed E-state index contributed by atoms with van der Waals surface area (Å²) in [6.07, 6.45) is 0.452. The Morgan fingerprint density at radius 3 is 2.68 bits per heavy atom. The predicted molar refractivity (Wildman–Crippen MR) is 77.1 cm³/mol. The SMILES string of the molecule is NNC(=O)CCN1CCN(c2cccc(Cl)c2)CC1. The summed E-state index contributed by atoms with van der Waals surface area (Å²) in [6.45, 7) is 4.55. The van der Waals surface area contributed by atoms with E-state index in [1.54, 1.807) is 0 Å². The molecule has 2 rings (SSSR count). The third-order valence-electron chi connectivity index (χ3n) is 3.36. The van der Waals surface area contributed by atoms with Gasteiger partial charge in [0.2, 0.25) is 5.91 Å². The molecule has 19 heavy (non-hydrogen) atoms. The number of halogens is 1. The number of rotatable bonds is 4. The maximum atomic E-state index is 11.1. The predicted octanol–water partition coefficient (Wildman–Crippen LogP) is 0.842. The van der Waals surface area contributed by atoms with Gasteiger partial charge in [0.1, 0.15) is 0 Å². The Kier molecular flexibility index (Phi) is 5.01. The van der Waals surface area contributed by atoms with Crippen LogP contribution >= 0.6 is 11.6 Å². The second-order valence-corrected chi connectivity index (χ2v) is 5.06. The number of carbonyl (C=O) groups is 1. The number of nitrogens with one attached hydrogen (secondary N) is 1. The van der Waals surface area contributed by atoms with Gasteiger partial charge in [-0.1, -0.05) is 17.7 Å². The molecule has 6 heteroatoms. The number of hydrogen-bond acceptors (Lipinski definition) is 4. The zero-order valence-corrected chi connectivity index (χ0v) is 11.6. The molecule has 1 heterocycles. The van der Waals surface area contributed by atoms with E-state index >= 15 is 0 Å². The van der Waals surface area contributed by atoms with Gasteiger partial charge in [0.15, 0.2) is 0 Å². The van der Waals surface area contributed by atoms with Crippen LogP contribution in [0.15, 0.2) is 24.3 Å². The second-order valence-electron chi connectivity index (χ2n) is 4.63. The van der Waals surface area contributed by atoms with Crippen LogP contribution in [0.25, 0.3) is 0 Å². The number of nitrogens with two attached hydrogens (primary N) is 1. The fourth-order valence-corrected chi connectivity index (χ4v) is 2.42. The third-order valence-corrected chi connectivity index (χ3v) is 3.60. The number of nitrogens with zero attached hydrogens (tertiary/aromatic N) is 2. The molecule has 1 aromatic rings. The maximum Gasteiger partial charge on any atom is 0.235 e. The van der Waals surface area contributed by atoms with Crippen LogP contribution in [0.2, 0.25) is 5.02 Å². The average molecular weight is 283 g/mol. The Labute approximate surface area is 118 Å². The summed E-state index contributed by atoms with van der Waals surface area (Å²) in [5.74, 6) is 4.95. The normalized spacial score (nSPS) is 16.4. The van der Waals surface area contributed by atoms with Crippen molar-refractivity contribution in [2.24, 2.45) is 5.84 Å². The van der Waals surface area contributed by atoms with E-state index in [2.05, 4.69) is 21.3 Å². The van der Waals surface area contributed by atoms with E-state index in [1.165, 1.54) is 0 Å². The van der Waals surface area contributed by atoms with Crippen molar-refractivity contribution in [3.8, 4) is 0 Å². The van der Waals surface area contributed by atoms with Gasteiger partial charge in [-0.2, -0.15) is 0 Å². The number of anilines is 1. The summed E-state index contributed by atoms with van der Waals surface area (Å²) in [6, 6.07) is 7.91. The van der Waals surface area contributed by atoms with E-state index in [9.17, 15) is 4.79 Å². The van der Waals surface area contributed by atoms with Crippen molar-refractivity contribution >= 4 is 23.2 Å². The lowest BCUT2D eigenvalue weighted by Gasteiger charge is -2.36. The van der Waals surface area contributed by atoms with Crippen molar-refractivity contribution in [2.75, 3.05) is 37.6 Å². The maximum absolute atomic E-state index is 11.1. The van der Waals surface area contributed by atoms with Gasteiger partial charge >= 0.3 is 0 Å². The minimum atomic E-state index is -0.114. The van der Waals surface area contributed by atoms with Crippen LogP contribution in [-0.2, 0) is 4.79 Å². The van der Waals surface area contributed by atoms with Gasteiger partial charge < -0.3 is 4.90 Å². The standard InChI is InChI=1S/C13H19ClN4O/c14-11-2-1-3-12(10-11)18-8-6-17(7-9-18)5-4-13(19)16-15/h1-3,10H,4-9,15H2,(H,16,19). The van der Waals surface area contributed by atoms with Crippen molar-refractivity contribution in [2.45, 2.75) is 6.42 Å². The molecule has 1 fully saturated rings. The van der Waals surface area contributed by atoms with Crippen LogP contribution in [0.1, 0.15) is 6.42 Å². The molecule has 3 N–H and O–H groups in total. The summed E-state index contributed by atoms with van der Waals surface area (Å²) in [7, 11) is 0. The summed E-state index contributed by atoms with van der Waals surface area (Å²) < 4.78 is 0. The molecule has 0 aliphatic carbocycles. The van der Waals surface area contributed by atoms with Gasteiger partial charge in [0, 0.05) is 49.9 Å². The molecule has 0 aromatic heterocycles. The van der Waals surface area contributed by atoms with E-state index in [4.69, 9.17) is 17.4 Å². The number of amides is 1. The highest BCUT2D eigenvalue weighted by atomic mass is 35.5. The van der Waals surface area contributed by atoms with Crippen molar-refractivity contribution < 1.29 is 4.79 Å². The molecule has 1 aliphatic heterocycles. The fraction of sp³-hybridized carbons (Fsp3) is 0.462. The minimum Gasteiger partial charge on any atom is -0.369 e. The lowest BCUT2D eigenvalue weighted by molar-refractivity contribution is -0.121. The van der Waals surface area contributed by atoms with Crippen molar-refractivity contribution in [1.82, 2.24) is 10.3 Å². The lowest BCUT2D eigenvalue weighted by atomic mass is 10.2. The first-order valence-corrected chi connectivity index (χ1v) is 6.79. The quantitative estimate of drug-likeness (QED) is 0.488. The fourth-order valence-electron chi connectivity index (χ4n) is 2.23. The zero-order valence-electron chi connectivity index (χ0n) is 10.8. The van der Waals surface area contributed by atoms with Crippen LogP contribution in [0.4, 0.5) is 5.69 Å².